The van der Waals surface area contributed by atoms with Crippen molar-refractivity contribution in [3.8, 4) is 0 Å². The highest BCUT2D eigenvalue weighted by Gasteiger charge is 2.42. The Bertz CT molecular complexity index is 790. The number of furan rings is 1. The number of hydrogen-bond donors (Lipinski definition) is 1. The zero-order valence-corrected chi connectivity index (χ0v) is 13.1. The van der Waals surface area contributed by atoms with E-state index < -0.39 is 0 Å². The van der Waals surface area contributed by atoms with Crippen molar-refractivity contribution in [2.75, 3.05) is 4.90 Å². The highest BCUT2D eigenvalue weighted by Crippen LogP contribution is 2.41. The van der Waals surface area contributed by atoms with Gasteiger partial charge < -0.3 is 14.6 Å². The fourth-order valence-corrected chi connectivity index (χ4v) is 3.32. The molecule has 114 valence electrons. The Balaban J connectivity index is 1.81. The minimum absolute atomic E-state index is 0.0601. The Morgan fingerprint density at radius 3 is 2.52 bits per heavy atom. The third kappa shape index (κ3) is 2.49. The summed E-state index contributed by atoms with van der Waals surface area (Å²) in [7, 11) is 0. The average Bonchev–Trinajstić information content (AvgIpc) is 3.24. The molecule has 3 aromatic rings. The van der Waals surface area contributed by atoms with E-state index in [9.17, 15) is 0 Å². The third-order valence-corrected chi connectivity index (χ3v) is 4.28. The van der Waals surface area contributed by atoms with Crippen molar-refractivity contribution in [1.82, 2.24) is 10.3 Å². The SMILES string of the molecule is S=C1N[C@H](c2ccccn2)[C@@H](c2ccco2)N1c1ccccc1. The Morgan fingerprint density at radius 2 is 1.83 bits per heavy atom. The molecule has 1 fully saturated rings. The van der Waals surface area contributed by atoms with Gasteiger partial charge in [-0.05, 0) is 48.6 Å². The lowest BCUT2D eigenvalue weighted by Crippen LogP contribution is -2.29. The van der Waals surface area contributed by atoms with E-state index in [2.05, 4.69) is 15.2 Å². The molecule has 0 saturated carbocycles. The van der Waals surface area contributed by atoms with Gasteiger partial charge in [-0.1, -0.05) is 24.3 Å². The van der Waals surface area contributed by atoms with Crippen LogP contribution in [0.15, 0.2) is 77.5 Å². The highest BCUT2D eigenvalue weighted by molar-refractivity contribution is 7.80. The number of hydrogen-bond acceptors (Lipinski definition) is 3. The van der Waals surface area contributed by atoms with E-state index in [0.29, 0.717) is 5.11 Å². The fraction of sp³-hybridized carbons (Fsp3) is 0.111. The number of thiocarbonyl (C=S) groups is 1. The summed E-state index contributed by atoms with van der Waals surface area (Å²) in [5.41, 5.74) is 1.97. The molecule has 23 heavy (non-hydrogen) atoms. The van der Waals surface area contributed by atoms with Crippen LogP contribution in [0.5, 0.6) is 0 Å². The summed E-state index contributed by atoms with van der Waals surface area (Å²) >= 11 is 5.60. The van der Waals surface area contributed by atoms with Crippen molar-refractivity contribution >= 4 is 23.0 Å². The first-order valence-corrected chi connectivity index (χ1v) is 7.84. The van der Waals surface area contributed by atoms with Crippen LogP contribution in [0.4, 0.5) is 5.69 Å². The van der Waals surface area contributed by atoms with E-state index >= 15 is 0 Å². The maximum Gasteiger partial charge on any atom is 0.174 e. The van der Waals surface area contributed by atoms with E-state index in [-0.39, 0.29) is 12.1 Å². The second kappa shape index (κ2) is 5.85. The third-order valence-electron chi connectivity index (χ3n) is 3.97. The molecule has 0 spiro atoms. The molecule has 0 unspecified atom stereocenters. The number of para-hydroxylation sites is 1. The summed E-state index contributed by atoms with van der Waals surface area (Å²) in [4.78, 5) is 6.58. The van der Waals surface area contributed by atoms with Gasteiger partial charge in [-0.3, -0.25) is 4.98 Å². The maximum atomic E-state index is 5.70. The Kier molecular flexibility index (Phi) is 3.55. The predicted molar refractivity (Wildman–Crippen MR) is 93.1 cm³/mol. The minimum Gasteiger partial charge on any atom is -0.467 e. The molecule has 3 heterocycles. The molecule has 0 aliphatic carbocycles. The number of aromatic nitrogens is 1. The van der Waals surface area contributed by atoms with Gasteiger partial charge in [0, 0.05) is 11.9 Å². The lowest BCUT2D eigenvalue weighted by atomic mass is 10.0. The zero-order chi connectivity index (χ0) is 15.6. The molecule has 5 heteroatoms. The normalized spacial score (nSPS) is 20.5. The molecule has 2 aromatic heterocycles. The first kappa shape index (κ1) is 14.0. The van der Waals surface area contributed by atoms with Gasteiger partial charge in [0.1, 0.15) is 11.8 Å². The summed E-state index contributed by atoms with van der Waals surface area (Å²) in [5.74, 6) is 0.858. The van der Waals surface area contributed by atoms with E-state index in [1.165, 1.54) is 0 Å². The second-order valence-electron chi connectivity index (χ2n) is 5.35. The molecule has 4 nitrogen and oxygen atoms in total. The van der Waals surface area contributed by atoms with E-state index in [1.54, 1.807) is 12.5 Å². The number of benzene rings is 1. The number of nitrogens with one attached hydrogen (secondary N) is 1. The Hall–Kier alpha value is -2.66. The van der Waals surface area contributed by atoms with Crippen LogP contribution in [0.2, 0.25) is 0 Å². The van der Waals surface area contributed by atoms with Gasteiger partial charge in [0.25, 0.3) is 0 Å². The molecule has 4 rings (SSSR count). The lowest BCUT2D eigenvalue weighted by Gasteiger charge is -2.25. The topological polar surface area (TPSA) is 41.3 Å². The smallest absolute Gasteiger partial charge is 0.174 e. The first-order chi connectivity index (χ1) is 11.3. The summed E-state index contributed by atoms with van der Waals surface area (Å²) in [6, 6.07) is 19.7. The minimum atomic E-state index is -0.0743. The second-order valence-corrected chi connectivity index (χ2v) is 5.73. The van der Waals surface area contributed by atoms with Crippen LogP contribution in [0, 0.1) is 0 Å². The summed E-state index contributed by atoms with van der Waals surface area (Å²) < 4.78 is 5.70. The number of nitrogens with zero attached hydrogens (tertiary/aromatic N) is 2. The van der Waals surface area contributed by atoms with Gasteiger partial charge in [-0.25, -0.2) is 0 Å². The van der Waals surface area contributed by atoms with Crippen molar-refractivity contribution in [3.05, 3.63) is 84.6 Å². The van der Waals surface area contributed by atoms with E-state index in [4.69, 9.17) is 16.6 Å². The molecular formula is C18H15N3OS. The summed E-state index contributed by atoms with van der Waals surface area (Å²) in [6.07, 6.45) is 3.49. The molecule has 0 bridgehead atoms. The van der Waals surface area contributed by atoms with Gasteiger partial charge in [0.2, 0.25) is 0 Å². The van der Waals surface area contributed by atoms with Crippen LogP contribution in [0.25, 0.3) is 0 Å². The van der Waals surface area contributed by atoms with Gasteiger partial charge >= 0.3 is 0 Å². The number of anilines is 1. The molecule has 0 radical (unpaired) electrons. The summed E-state index contributed by atoms with van der Waals surface area (Å²) in [5, 5.41) is 4.07. The van der Waals surface area contributed by atoms with Crippen molar-refractivity contribution in [2.45, 2.75) is 12.1 Å². The monoisotopic (exact) mass is 321 g/mol. The van der Waals surface area contributed by atoms with Gasteiger partial charge in [-0.2, -0.15) is 0 Å². The molecule has 2 atom stereocenters. The highest BCUT2D eigenvalue weighted by atomic mass is 32.1. The van der Waals surface area contributed by atoms with Crippen molar-refractivity contribution < 1.29 is 4.42 Å². The van der Waals surface area contributed by atoms with Gasteiger partial charge in [0.05, 0.1) is 18.0 Å². The standard InChI is InChI=1S/C18H15N3OS/c23-18-20-16(14-9-4-5-11-19-14)17(15-10-6-12-22-15)21(18)13-7-2-1-3-8-13/h1-12,16-17H,(H,20,23)/t16-,17-/m1/s1. The molecule has 1 saturated heterocycles. The number of pyridine rings is 1. The van der Waals surface area contributed by atoms with Gasteiger partial charge in [0.15, 0.2) is 5.11 Å². The van der Waals surface area contributed by atoms with Crippen molar-refractivity contribution in [2.24, 2.45) is 0 Å². The quantitative estimate of drug-likeness (QED) is 0.742. The molecule has 1 aliphatic heterocycles. The molecular weight excluding hydrogens is 306 g/mol. The Morgan fingerprint density at radius 1 is 1.00 bits per heavy atom. The van der Waals surface area contributed by atoms with Crippen LogP contribution in [-0.4, -0.2) is 10.1 Å². The van der Waals surface area contributed by atoms with Crippen molar-refractivity contribution in [3.63, 3.8) is 0 Å². The maximum absolute atomic E-state index is 5.70. The average molecular weight is 321 g/mol. The number of rotatable bonds is 3. The van der Waals surface area contributed by atoms with Crippen LogP contribution in [0.3, 0.4) is 0 Å². The van der Waals surface area contributed by atoms with E-state index in [1.807, 2.05) is 60.7 Å². The fourth-order valence-electron chi connectivity index (χ4n) is 2.97. The largest absolute Gasteiger partial charge is 0.467 e. The Labute approximate surface area is 139 Å². The van der Waals surface area contributed by atoms with Gasteiger partial charge in [-0.15, -0.1) is 0 Å². The molecule has 1 N–H and O–H groups in total. The van der Waals surface area contributed by atoms with Crippen molar-refractivity contribution in [1.29, 1.82) is 0 Å². The lowest BCUT2D eigenvalue weighted by molar-refractivity contribution is 0.432. The van der Waals surface area contributed by atoms with Crippen LogP contribution in [-0.2, 0) is 0 Å². The van der Waals surface area contributed by atoms with E-state index in [0.717, 1.165) is 17.1 Å². The predicted octanol–water partition coefficient (Wildman–Crippen LogP) is 3.85. The molecule has 1 aromatic carbocycles. The van der Waals surface area contributed by atoms with Crippen LogP contribution < -0.4 is 10.2 Å². The zero-order valence-electron chi connectivity index (χ0n) is 12.3. The summed E-state index contributed by atoms with van der Waals surface area (Å²) in [6.45, 7) is 0. The molecule has 1 aliphatic rings. The van der Waals surface area contributed by atoms with Crippen LogP contribution >= 0.6 is 12.2 Å². The molecule has 0 amide bonds. The first-order valence-electron chi connectivity index (χ1n) is 7.44. The van der Waals surface area contributed by atoms with Crippen LogP contribution in [0.1, 0.15) is 23.5 Å².